The van der Waals surface area contributed by atoms with Gasteiger partial charge in [-0.1, -0.05) is 18.2 Å². The van der Waals surface area contributed by atoms with Gasteiger partial charge in [-0.15, -0.1) is 0 Å². The van der Waals surface area contributed by atoms with Gasteiger partial charge < -0.3 is 9.84 Å². The molecule has 84 valence electrons. The Kier molecular flexibility index (Phi) is 3.83. The summed E-state index contributed by atoms with van der Waals surface area (Å²) in [6.45, 7) is 2.50. The first-order valence-corrected chi connectivity index (χ1v) is 4.70. The quantitative estimate of drug-likeness (QED) is 0.482. The third kappa shape index (κ3) is 2.95. The summed E-state index contributed by atoms with van der Waals surface area (Å²) in [7, 11) is 0. The van der Waals surface area contributed by atoms with Gasteiger partial charge in [0.15, 0.2) is 5.78 Å². The van der Waals surface area contributed by atoms with E-state index in [1.165, 1.54) is 13.8 Å². The summed E-state index contributed by atoms with van der Waals surface area (Å²) in [5, 5.41) is 9.16. The Bertz CT molecular complexity index is 428. The molecule has 0 aliphatic heterocycles. The number of aliphatic hydroxyl groups excluding tert-OH is 1. The molecule has 4 heteroatoms. The van der Waals surface area contributed by atoms with Gasteiger partial charge in [0.2, 0.25) is 5.76 Å². The maximum absolute atomic E-state index is 11.5. The maximum Gasteiger partial charge on any atom is 0.343 e. The summed E-state index contributed by atoms with van der Waals surface area (Å²) < 4.78 is 4.80. The van der Waals surface area contributed by atoms with Crippen LogP contribution in [0.2, 0.25) is 0 Å². The first-order chi connectivity index (χ1) is 7.52. The Labute approximate surface area is 93.2 Å². The summed E-state index contributed by atoms with van der Waals surface area (Å²) >= 11 is 0. The fourth-order valence-electron chi connectivity index (χ4n) is 1.13. The zero-order valence-corrected chi connectivity index (χ0v) is 9.06. The normalized spacial score (nSPS) is 11.6. The van der Waals surface area contributed by atoms with Crippen molar-refractivity contribution in [2.45, 2.75) is 13.8 Å². The molecule has 4 nitrogen and oxygen atoms in total. The van der Waals surface area contributed by atoms with E-state index in [2.05, 4.69) is 0 Å². The van der Waals surface area contributed by atoms with Gasteiger partial charge in [0.1, 0.15) is 5.76 Å². The topological polar surface area (TPSA) is 63.6 Å². The molecule has 1 aromatic rings. The molecular weight excluding hydrogens is 208 g/mol. The van der Waals surface area contributed by atoms with Gasteiger partial charge in [-0.25, -0.2) is 4.79 Å². The predicted molar refractivity (Wildman–Crippen MR) is 57.9 cm³/mol. The van der Waals surface area contributed by atoms with Gasteiger partial charge in [0.25, 0.3) is 0 Å². The molecule has 0 aliphatic carbocycles. The maximum atomic E-state index is 11.5. The van der Waals surface area contributed by atoms with Crippen LogP contribution in [0, 0.1) is 0 Å². The Morgan fingerprint density at radius 2 is 1.69 bits per heavy atom. The van der Waals surface area contributed by atoms with E-state index in [-0.39, 0.29) is 11.5 Å². The van der Waals surface area contributed by atoms with E-state index in [1.807, 2.05) is 0 Å². The second kappa shape index (κ2) is 5.11. The molecule has 0 bridgehead atoms. The predicted octanol–water partition coefficient (Wildman–Crippen LogP) is 2.22. The molecule has 0 amide bonds. The van der Waals surface area contributed by atoms with E-state index < -0.39 is 11.8 Å². The smallest absolute Gasteiger partial charge is 0.343 e. The molecule has 1 aromatic carbocycles. The summed E-state index contributed by atoms with van der Waals surface area (Å²) in [5.74, 6) is -1.80. The summed E-state index contributed by atoms with van der Waals surface area (Å²) in [6.07, 6.45) is 0. The van der Waals surface area contributed by atoms with Crippen LogP contribution >= 0.6 is 0 Å². The number of rotatable bonds is 3. The van der Waals surface area contributed by atoms with Crippen molar-refractivity contribution < 1.29 is 19.4 Å². The van der Waals surface area contributed by atoms with Crippen LogP contribution in [0.5, 0.6) is 0 Å². The minimum Gasteiger partial charge on any atom is -0.509 e. The van der Waals surface area contributed by atoms with Crippen molar-refractivity contribution >= 4 is 11.8 Å². The van der Waals surface area contributed by atoms with Gasteiger partial charge in [-0.2, -0.15) is 0 Å². The molecule has 0 aromatic heterocycles. The molecule has 1 N–H and O–H groups in total. The average molecular weight is 220 g/mol. The monoisotopic (exact) mass is 220 g/mol. The number of ether oxygens (including phenoxy) is 1. The number of benzene rings is 1. The number of hydrogen-bond acceptors (Lipinski definition) is 4. The minimum absolute atomic E-state index is 0.309. The fourth-order valence-corrected chi connectivity index (χ4v) is 1.13. The molecule has 16 heavy (non-hydrogen) atoms. The number of Topliss-reactive ketones (excluding diaryl/α,β-unsaturated/α-hetero) is 1. The highest BCUT2D eigenvalue weighted by Gasteiger charge is 2.15. The van der Waals surface area contributed by atoms with E-state index >= 15 is 0 Å². The first-order valence-electron chi connectivity index (χ1n) is 4.70. The van der Waals surface area contributed by atoms with Crippen LogP contribution in [0.1, 0.15) is 24.2 Å². The summed E-state index contributed by atoms with van der Waals surface area (Å²) in [6, 6.07) is 8.24. The zero-order chi connectivity index (χ0) is 12.1. The number of ketones is 1. The van der Waals surface area contributed by atoms with E-state index in [4.69, 9.17) is 9.84 Å². The largest absolute Gasteiger partial charge is 0.509 e. The average Bonchev–Trinajstić information content (AvgIpc) is 2.25. The van der Waals surface area contributed by atoms with Gasteiger partial charge >= 0.3 is 5.97 Å². The van der Waals surface area contributed by atoms with Crippen LogP contribution < -0.4 is 0 Å². The van der Waals surface area contributed by atoms with Crippen molar-refractivity contribution in [2.75, 3.05) is 0 Å². The zero-order valence-electron chi connectivity index (χ0n) is 9.06. The molecule has 0 unspecified atom stereocenters. The number of esters is 1. The van der Waals surface area contributed by atoms with Crippen LogP contribution in [0.4, 0.5) is 0 Å². The number of carbonyl (C=O) groups excluding carboxylic acids is 2. The highest BCUT2D eigenvalue weighted by Crippen LogP contribution is 2.09. The van der Waals surface area contributed by atoms with Gasteiger partial charge in [-0.3, -0.25) is 4.79 Å². The van der Waals surface area contributed by atoms with Crippen molar-refractivity contribution in [1.82, 2.24) is 0 Å². The lowest BCUT2D eigenvalue weighted by Crippen LogP contribution is -2.11. The minimum atomic E-state index is -0.667. The molecule has 0 saturated heterocycles. The van der Waals surface area contributed by atoms with E-state index in [1.54, 1.807) is 30.3 Å². The second-order valence-electron chi connectivity index (χ2n) is 3.23. The Morgan fingerprint density at radius 3 is 2.12 bits per heavy atom. The first kappa shape index (κ1) is 12.0. The van der Waals surface area contributed by atoms with Crippen LogP contribution in [0.25, 0.3) is 0 Å². The highest BCUT2D eigenvalue weighted by atomic mass is 16.5. The van der Waals surface area contributed by atoms with Gasteiger partial charge in [-0.05, 0) is 19.1 Å². The molecule has 0 radical (unpaired) electrons. The van der Waals surface area contributed by atoms with Crippen molar-refractivity contribution in [3.63, 3.8) is 0 Å². The van der Waals surface area contributed by atoms with Crippen LogP contribution in [0.3, 0.4) is 0 Å². The Balaban J connectivity index is 2.87. The molecular formula is C12H12O4. The molecule has 1 rings (SSSR count). The standard InChI is InChI=1S/C12H12O4/c1-8(13)11(9(2)14)16-12(15)10-6-4-3-5-7-10/h3-7,13H,1-2H3/b11-8+. The fraction of sp³-hybridized carbons (Fsp3) is 0.167. The van der Waals surface area contributed by atoms with Crippen LogP contribution in [0.15, 0.2) is 41.9 Å². The molecule has 0 heterocycles. The number of aliphatic hydroxyl groups is 1. The second-order valence-corrected chi connectivity index (χ2v) is 3.23. The van der Waals surface area contributed by atoms with Crippen molar-refractivity contribution in [3.8, 4) is 0 Å². The number of hydrogen-bond donors (Lipinski definition) is 1. The third-order valence-electron chi connectivity index (χ3n) is 1.85. The lowest BCUT2D eigenvalue weighted by molar-refractivity contribution is -0.116. The molecule has 0 spiro atoms. The van der Waals surface area contributed by atoms with Gasteiger partial charge in [0, 0.05) is 6.92 Å². The Morgan fingerprint density at radius 1 is 1.12 bits per heavy atom. The van der Waals surface area contributed by atoms with Crippen LogP contribution in [-0.2, 0) is 9.53 Å². The highest BCUT2D eigenvalue weighted by molar-refractivity contribution is 5.97. The lowest BCUT2D eigenvalue weighted by atomic mass is 10.2. The van der Waals surface area contributed by atoms with E-state index in [0.717, 1.165) is 0 Å². The van der Waals surface area contributed by atoms with Crippen molar-refractivity contribution in [1.29, 1.82) is 0 Å². The SMILES string of the molecule is CC(=O)/C(OC(=O)c1ccccc1)=C(/C)O. The molecule has 0 fully saturated rings. The van der Waals surface area contributed by atoms with Crippen molar-refractivity contribution in [3.05, 3.63) is 47.4 Å². The summed E-state index contributed by atoms with van der Waals surface area (Å²) in [4.78, 5) is 22.6. The van der Waals surface area contributed by atoms with Gasteiger partial charge in [0.05, 0.1) is 5.56 Å². The Hall–Kier alpha value is -2.10. The number of allylic oxidation sites excluding steroid dienone is 2. The lowest BCUT2D eigenvalue weighted by Gasteiger charge is -2.06. The van der Waals surface area contributed by atoms with Crippen LogP contribution in [-0.4, -0.2) is 16.9 Å². The van der Waals surface area contributed by atoms with Crippen molar-refractivity contribution in [2.24, 2.45) is 0 Å². The number of carbonyl (C=O) groups is 2. The third-order valence-corrected chi connectivity index (χ3v) is 1.85. The molecule has 0 aliphatic rings. The van der Waals surface area contributed by atoms with E-state index in [0.29, 0.717) is 5.56 Å². The summed E-state index contributed by atoms with van der Waals surface area (Å²) in [5.41, 5.74) is 0.322. The molecule has 0 atom stereocenters. The molecule has 0 saturated carbocycles. The van der Waals surface area contributed by atoms with E-state index in [9.17, 15) is 9.59 Å².